The van der Waals surface area contributed by atoms with Gasteiger partial charge in [0, 0.05) is 35.5 Å². The summed E-state index contributed by atoms with van der Waals surface area (Å²) >= 11 is 1.51. The van der Waals surface area contributed by atoms with Crippen molar-refractivity contribution in [3.8, 4) is 11.3 Å². The number of H-pyrrole nitrogens is 1. The van der Waals surface area contributed by atoms with Crippen LogP contribution in [0.15, 0.2) is 53.3 Å². The van der Waals surface area contributed by atoms with Crippen molar-refractivity contribution < 1.29 is 9.18 Å². The number of fused-ring (bicyclic) bond motifs is 1. The number of Topliss-reactive ketones (excluding diaryl/α,β-unsaturated/α-hetero) is 1. The Hall–Kier alpha value is -4.11. The number of aromatic amines is 1. The van der Waals surface area contributed by atoms with Gasteiger partial charge in [-0.2, -0.15) is 10.2 Å². The van der Waals surface area contributed by atoms with E-state index in [4.69, 9.17) is 0 Å². The van der Waals surface area contributed by atoms with Crippen LogP contribution in [0.2, 0.25) is 0 Å². The van der Waals surface area contributed by atoms with Crippen LogP contribution in [0.25, 0.3) is 21.3 Å². The standard InChI is InChI=1S/C30H30FN5O2S/c1-16-6-8-20-14-27(39-26(20)12-16)25(37)11-7-17(2)29-19(4)21(9-10-22(29)31)23-15-24(30(38)34-33-23)32-28-13-18(3)36(5)35-28/h6,8-10,12-15,17H,7,11H2,1-5H3,(H,34,38)(H,32,33,35). The number of benzene rings is 2. The molecule has 39 heavy (non-hydrogen) atoms. The molecular formula is C30H30FN5O2S. The number of rotatable bonds is 8. The molecule has 0 fully saturated rings. The molecule has 9 heteroatoms. The molecule has 0 saturated carbocycles. The van der Waals surface area contributed by atoms with E-state index in [0.717, 1.165) is 31.8 Å². The first kappa shape index (κ1) is 26.5. The molecule has 0 saturated heterocycles. The molecule has 0 aliphatic carbocycles. The molecule has 7 nitrogen and oxygen atoms in total. The first-order valence-electron chi connectivity index (χ1n) is 12.8. The second-order valence-corrected chi connectivity index (χ2v) is 11.1. The van der Waals surface area contributed by atoms with Gasteiger partial charge < -0.3 is 5.32 Å². The minimum Gasteiger partial charge on any atom is -0.334 e. The van der Waals surface area contributed by atoms with E-state index in [1.165, 1.54) is 17.4 Å². The van der Waals surface area contributed by atoms with Gasteiger partial charge in [-0.3, -0.25) is 14.3 Å². The maximum absolute atomic E-state index is 15.1. The normalized spacial score (nSPS) is 12.2. The van der Waals surface area contributed by atoms with Gasteiger partial charge in [-0.05, 0) is 85.5 Å². The van der Waals surface area contributed by atoms with Gasteiger partial charge >= 0.3 is 0 Å². The predicted molar refractivity (Wildman–Crippen MR) is 155 cm³/mol. The number of anilines is 2. The van der Waals surface area contributed by atoms with Crippen molar-refractivity contribution in [3.05, 3.63) is 92.0 Å². The summed E-state index contributed by atoms with van der Waals surface area (Å²) in [5, 5.41) is 15.2. The summed E-state index contributed by atoms with van der Waals surface area (Å²) in [6, 6.07) is 14.7. The molecule has 3 aromatic heterocycles. The Kier molecular flexibility index (Phi) is 7.18. The Morgan fingerprint density at radius 2 is 1.92 bits per heavy atom. The summed E-state index contributed by atoms with van der Waals surface area (Å²) in [6.07, 6.45) is 0.836. The fourth-order valence-corrected chi connectivity index (χ4v) is 5.99. The van der Waals surface area contributed by atoms with Crippen LogP contribution in [-0.2, 0) is 7.05 Å². The van der Waals surface area contributed by atoms with Gasteiger partial charge in [-0.25, -0.2) is 9.49 Å². The maximum atomic E-state index is 15.1. The molecule has 0 bridgehead atoms. The van der Waals surface area contributed by atoms with Gasteiger partial charge in [0.05, 0.1) is 10.6 Å². The second-order valence-electron chi connectivity index (χ2n) is 10.1. The monoisotopic (exact) mass is 543 g/mol. The third-order valence-electron chi connectivity index (χ3n) is 7.17. The van der Waals surface area contributed by atoms with Gasteiger partial charge in [0.1, 0.15) is 11.5 Å². The highest BCUT2D eigenvalue weighted by Gasteiger charge is 2.20. The Morgan fingerprint density at radius 1 is 1.13 bits per heavy atom. The summed E-state index contributed by atoms with van der Waals surface area (Å²) < 4.78 is 17.9. The van der Waals surface area contributed by atoms with Crippen molar-refractivity contribution in [2.75, 3.05) is 5.32 Å². The van der Waals surface area contributed by atoms with Gasteiger partial charge in [-0.15, -0.1) is 11.3 Å². The zero-order valence-electron chi connectivity index (χ0n) is 22.6. The van der Waals surface area contributed by atoms with Crippen LogP contribution in [0.1, 0.15) is 57.7 Å². The van der Waals surface area contributed by atoms with E-state index < -0.39 is 0 Å². The lowest BCUT2D eigenvalue weighted by Crippen LogP contribution is -2.14. The van der Waals surface area contributed by atoms with E-state index in [2.05, 4.69) is 26.7 Å². The summed E-state index contributed by atoms with van der Waals surface area (Å²) in [5.74, 6) is 0.0987. The van der Waals surface area contributed by atoms with Crippen LogP contribution in [0.3, 0.4) is 0 Å². The lowest BCUT2D eigenvalue weighted by Gasteiger charge is -2.18. The minimum absolute atomic E-state index is 0.0673. The molecular weight excluding hydrogens is 513 g/mol. The van der Waals surface area contributed by atoms with Crippen molar-refractivity contribution in [2.24, 2.45) is 7.05 Å². The number of halogens is 1. The Labute approximate surface area is 229 Å². The smallest absolute Gasteiger partial charge is 0.287 e. The molecule has 1 atom stereocenters. The predicted octanol–water partition coefficient (Wildman–Crippen LogP) is 6.96. The van der Waals surface area contributed by atoms with Crippen molar-refractivity contribution in [1.29, 1.82) is 0 Å². The van der Waals surface area contributed by atoms with E-state index in [0.29, 0.717) is 41.2 Å². The number of nitrogens with zero attached hydrogens (tertiary/aromatic N) is 3. The second kappa shape index (κ2) is 10.6. The molecule has 0 aliphatic rings. The van der Waals surface area contributed by atoms with Crippen molar-refractivity contribution in [2.45, 2.75) is 46.5 Å². The van der Waals surface area contributed by atoms with Crippen LogP contribution in [-0.4, -0.2) is 25.8 Å². The van der Waals surface area contributed by atoms with Gasteiger partial charge in [-0.1, -0.05) is 19.1 Å². The molecule has 0 aliphatic heterocycles. The summed E-state index contributed by atoms with van der Waals surface area (Å²) in [4.78, 5) is 26.2. The molecule has 0 spiro atoms. The molecule has 5 aromatic rings. The first-order valence-corrected chi connectivity index (χ1v) is 13.6. The largest absolute Gasteiger partial charge is 0.334 e. The summed E-state index contributed by atoms with van der Waals surface area (Å²) in [7, 11) is 1.82. The van der Waals surface area contributed by atoms with E-state index >= 15 is 4.39 Å². The number of hydrogen-bond donors (Lipinski definition) is 2. The molecule has 200 valence electrons. The number of thiophene rings is 1. The zero-order valence-corrected chi connectivity index (χ0v) is 23.4. The van der Waals surface area contributed by atoms with E-state index in [1.807, 2.05) is 59.0 Å². The number of carbonyl (C=O) groups excluding carboxylic acids is 1. The Bertz CT molecular complexity index is 1750. The molecule has 1 unspecified atom stereocenters. The molecule has 2 aromatic carbocycles. The number of aromatic nitrogens is 4. The summed E-state index contributed by atoms with van der Waals surface area (Å²) in [5.41, 5.74) is 4.51. The lowest BCUT2D eigenvalue weighted by molar-refractivity contribution is 0.0981. The molecule has 0 amide bonds. The van der Waals surface area contributed by atoms with E-state index in [-0.39, 0.29) is 23.1 Å². The number of aryl methyl sites for hydroxylation is 3. The molecule has 5 rings (SSSR count). The van der Waals surface area contributed by atoms with Crippen LogP contribution in [0, 0.1) is 26.6 Å². The molecule has 3 heterocycles. The van der Waals surface area contributed by atoms with Crippen molar-refractivity contribution >= 4 is 38.7 Å². The average molecular weight is 544 g/mol. The number of hydrogen-bond acceptors (Lipinski definition) is 6. The Morgan fingerprint density at radius 3 is 2.67 bits per heavy atom. The van der Waals surface area contributed by atoms with E-state index in [9.17, 15) is 9.59 Å². The van der Waals surface area contributed by atoms with Crippen LogP contribution in [0.4, 0.5) is 15.9 Å². The van der Waals surface area contributed by atoms with Crippen molar-refractivity contribution in [1.82, 2.24) is 20.0 Å². The highest BCUT2D eigenvalue weighted by atomic mass is 32.1. The fraction of sp³-hybridized carbons (Fsp3) is 0.267. The Balaban J connectivity index is 1.37. The highest BCUT2D eigenvalue weighted by Crippen LogP contribution is 2.34. The minimum atomic E-state index is -0.384. The third-order valence-corrected chi connectivity index (χ3v) is 8.30. The fourth-order valence-electron chi connectivity index (χ4n) is 4.87. The van der Waals surface area contributed by atoms with Crippen LogP contribution in [0.5, 0.6) is 0 Å². The SMILES string of the molecule is Cc1ccc2cc(C(=O)CCC(C)c3c(F)ccc(-c4cc(Nc5cc(C)n(C)n5)c(=O)[nH]n4)c3C)sc2c1. The molecule has 0 radical (unpaired) electrons. The van der Waals surface area contributed by atoms with Gasteiger partial charge in [0.2, 0.25) is 0 Å². The third kappa shape index (κ3) is 5.40. The zero-order chi connectivity index (χ0) is 27.8. The van der Waals surface area contributed by atoms with E-state index in [1.54, 1.807) is 16.8 Å². The maximum Gasteiger partial charge on any atom is 0.287 e. The molecule has 2 N–H and O–H groups in total. The highest BCUT2D eigenvalue weighted by molar-refractivity contribution is 7.20. The summed E-state index contributed by atoms with van der Waals surface area (Å²) in [6.45, 7) is 7.74. The van der Waals surface area contributed by atoms with Crippen LogP contribution < -0.4 is 10.9 Å². The lowest BCUT2D eigenvalue weighted by atomic mass is 9.88. The average Bonchev–Trinajstić information content (AvgIpc) is 3.46. The number of carbonyl (C=O) groups is 1. The number of nitrogens with one attached hydrogen (secondary N) is 2. The van der Waals surface area contributed by atoms with Crippen LogP contribution >= 0.6 is 11.3 Å². The van der Waals surface area contributed by atoms with Crippen molar-refractivity contribution in [3.63, 3.8) is 0 Å². The quantitative estimate of drug-likeness (QED) is 0.206. The first-order chi connectivity index (χ1) is 18.6. The topological polar surface area (TPSA) is 92.7 Å². The van der Waals surface area contributed by atoms with Gasteiger partial charge in [0.15, 0.2) is 11.6 Å². The number of ketones is 1. The van der Waals surface area contributed by atoms with Gasteiger partial charge in [0.25, 0.3) is 5.56 Å².